The van der Waals surface area contributed by atoms with Gasteiger partial charge in [0, 0.05) is 29.5 Å². The van der Waals surface area contributed by atoms with E-state index in [-0.39, 0.29) is 28.9 Å². The van der Waals surface area contributed by atoms with Crippen molar-refractivity contribution in [3.63, 3.8) is 0 Å². The fourth-order valence-corrected chi connectivity index (χ4v) is 3.63. The minimum absolute atomic E-state index is 0.0334. The number of nitro benzene ring substituents is 1. The Bertz CT molecular complexity index is 1240. The number of aliphatic hydroxyl groups is 1. The second-order valence-corrected chi connectivity index (χ2v) is 7.07. The van der Waals surface area contributed by atoms with Gasteiger partial charge < -0.3 is 10.0 Å². The molecular weight excluding hydrogens is 417 g/mol. The molecule has 1 atom stereocenters. The number of ketones is 1. The van der Waals surface area contributed by atoms with Crippen LogP contribution in [0.5, 0.6) is 0 Å². The van der Waals surface area contributed by atoms with Crippen LogP contribution >= 0.6 is 0 Å². The van der Waals surface area contributed by atoms with Crippen LogP contribution in [0, 0.1) is 15.9 Å². The molecular formula is C23H16FN3O5. The molecule has 2 heterocycles. The Hall–Kier alpha value is -4.40. The van der Waals surface area contributed by atoms with Gasteiger partial charge >= 0.3 is 0 Å². The highest BCUT2D eigenvalue weighted by molar-refractivity contribution is 6.46. The van der Waals surface area contributed by atoms with E-state index in [1.807, 2.05) is 0 Å². The number of rotatable bonds is 5. The average molecular weight is 433 g/mol. The summed E-state index contributed by atoms with van der Waals surface area (Å²) in [6.45, 7) is -0.0819. The molecule has 1 aliphatic rings. The number of aliphatic hydroxyl groups excluding tert-OH is 1. The number of halogens is 1. The summed E-state index contributed by atoms with van der Waals surface area (Å²) in [5, 5.41) is 21.8. The normalized spacial score (nSPS) is 17.5. The maximum atomic E-state index is 14.7. The van der Waals surface area contributed by atoms with Crippen LogP contribution in [0.1, 0.15) is 22.9 Å². The fourth-order valence-electron chi connectivity index (χ4n) is 3.63. The summed E-state index contributed by atoms with van der Waals surface area (Å²) in [4.78, 5) is 41.4. The van der Waals surface area contributed by atoms with Gasteiger partial charge in [0.15, 0.2) is 0 Å². The van der Waals surface area contributed by atoms with Crippen LogP contribution in [0.15, 0.2) is 78.5 Å². The molecule has 160 valence electrons. The van der Waals surface area contributed by atoms with Crippen LogP contribution in [0.25, 0.3) is 5.76 Å². The van der Waals surface area contributed by atoms with E-state index in [0.717, 1.165) is 17.0 Å². The number of carbonyl (C=O) groups excluding carboxylic acids is 2. The minimum Gasteiger partial charge on any atom is -0.507 e. The highest BCUT2D eigenvalue weighted by atomic mass is 19.1. The number of nitro groups is 1. The zero-order chi connectivity index (χ0) is 22.8. The van der Waals surface area contributed by atoms with Gasteiger partial charge in [-0.05, 0) is 30.3 Å². The molecule has 1 fully saturated rings. The number of likely N-dealkylation sites (tertiary alicyclic amines) is 1. The van der Waals surface area contributed by atoms with Crippen molar-refractivity contribution < 1.29 is 24.0 Å². The van der Waals surface area contributed by atoms with Gasteiger partial charge in [0.05, 0.1) is 28.8 Å². The van der Waals surface area contributed by atoms with Crippen LogP contribution in [0.3, 0.4) is 0 Å². The first-order valence-electron chi connectivity index (χ1n) is 9.56. The third-order valence-corrected chi connectivity index (χ3v) is 5.15. The Kier molecular flexibility index (Phi) is 5.46. The van der Waals surface area contributed by atoms with Gasteiger partial charge in [0.1, 0.15) is 11.6 Å². The number of aromatic nitrogens is 1. The summed E-state index contributed by atoms with van der Waals surface area (Å²) >= 11 is 0. The number of pyridine rings is 1. The summed E-state index contributed by atoms with van der Waals surface area (Å²) in [6.07, 6.45) is 1.53. The van der Waals surface area contributed by atoms with Crippen LogP contribution < -0.4 is 0 Å². The first kappa shape index (κ1) is 20.9. The fraction of sp³-hybridized carbons (Fsp3) is 0.0870. The molecule has 9 heteroatoms. The second kappa shape index (κ2) is 8.38. The molecule has 1 unspecified atom stereocenters. The number of benzene rings is 2. The number of amides is 1. The molecule has 0 bridgehead atoms. The van der Waals surface area contributed by atoms with E-state index in [1.54, 1.807) is 24.3 Å². The topological polar surface area (TPSA) is 114 Å². The van der Waals surface area contributed by atoms with Gasteiger partial charge in [-0.3, -0.25) is 24.7 Å². The molecule has 2 aromatic carbocycles. The molecule has 0 aliphatic carbocycles. The maximum Gasteiger partial charge on any atom is 0.296 e. The van der Waals surface area contributed by atoms with Crippen molar-refractivity contribution in [2.45, 2.75) is 12.6 Å². The highest BCUT2D eigenvalue weighted by Crippen LogP contribution is 2.41. The van der Waals surface area contributed by atoms with Crippen molar-refractivity contribution in [2.24, 2.45) is 0 Å². The van der Waals surface area contributed by atoms with Gasteiger partial charge in [-0.2, -0.15) is 0 Å². The van der Waals surface area contributed by atoms with E-state index in [9.17, 15) is 29.2 Å². The zero-order valence-electron chi connectivity index (χ0n) is 16.5. The van der Waals surface area contributed by atoms with Crippen LogP contribution in [-0.2, 0) is 16.1 Å². The second-order valence-electron chi connectivity index (χ2n) is 7.07. The SMILES string of the molecule is O=C1C(=O)N(Cc2ccccn2)C(c2ccccc2F)/C1=C(\O)c1ccc([N+](=O)[O-])cc1. The zero-order valence-corrected chi connectivity index (χ0v) is 16.5. The lowest BCUT2D eigenvalue weighted by Crippen LogP contribution is -2.30. The minimum atomic E-state index is -1.20. The Morgan fingerprint density at radius 1 is 1.06 bits per heavy atom. The number of non-ortho nitro benzene ring substituents is 1. The van der Waals surface area contributed by atoms with Gasteiger partial charge in [-0.15, -0.1) is 0 Å². The molecule has 1 N–H and O–H groups in total. The molecule has 8 nitrogen and oxygen atoms in total. The predicted octanol–water partition coefficient (Wildman–Crippen LogP) is 3.75. The Morgan fingerprint density at radius 2 is 1.75 bits per heavy atom. The van der Waals surface area contributed by atoms with Gasteiger partial charge in [-0.1, -0.05) is 24.3 Å². The number of carbonyl (C=O) groups is 2. The molecule has 1 aromatic heterocycles. The summed E-state index contributed by atoms with van der Waals surface area (Å²) in [5.41, 5.74) is 0.0950. The molecule has 4 rings (SSSR count). The molecule has 1 saturated heterocycles. The molecule has 0 spiro atoms. The monoisotopic (exact) mass is 433 g/mol. The van der Waals surface area contributed by atoms with Crippen molar-refractivity contribution in [2.75, 3.05) is 0 Å². The van der Waals surface area contributed by atoms with E-state index in [1.165, 1.54) is 36.5 Å². The Morgan fingerprint density at radius 3 is 2.38 bits per heavy atom. The lowest BCUT2D eigenvalue weighted by molar-refractivity contribution is -0.384. The van der Waals surface area contributed by atoms with E-state index in [4.69, 9.17) is 0 Å². The molecule has 1 amide bonds. The third-order valence-electron chi connectivity index (χ3n) is 5.15. The lowest BCUT2D eigenvalue weighted by atomic mass is 9.95. The van der Waals surface area contributed by atoms with Crippen LogP contribution in [0.4, 0.5) is 10.1 Å². The summed E-state index contributed by atoms with van der Waals surface area (Å²) in [7, 11) is 0. The third kappa shape index (κ3) is 3.71. The van der Waals surface area contributed by atoms with Gasteiger partial charge in [0.2, 0.25) is 0 Å². The Labute approximate surface area is 181 Å². The summed E-state index contributed by atoms with van der Waals surface area (Å²) in [5.74, 6) is -3.09. The lowest BCUT2D eigenvalue weighted by Gasteiger charge is -2.25. The number of hydrogen-bond donors (Lipinski definition) is 1. The standard InChI is InChI=1S/C23H16FN3O5/c24-18-7-2-1-6-17(18)20-19(21(28)14-8-10-16(11-9-14)27(31)32)22(29)23(30)26(20)13-15-5-3-4-12-25-15/h1-12,20,28H,13H2/b21-19+. The Balaban J connectivity index is 1.86. The maximum absolute atomic E-state index is 14.7. The predicted molar refractivity (Wildman–Crippen MR) is 112 cm³/mol. The van der Waals surface area contributed by atoms with E-state index in [2.05, 4.69) is 4.98 Å². The van der Waals surface area contributed by atoms with Crippen LogP contribution in [0.2, 0.25) is 0 Å². The van der Waals surface area contributed by atoms with Crippen LogP contribution in [-0.4, -0.2) is 31.6 Å². The molecule has 32 heavy (non-hydrogen) atoms. The molecule has 0 saturated carbocycles. The van der Waals surface area contributed by atoms with Crippen molar-refractivity contribution in [3.05, 3.63) is 111 Å². The number of Topliss-reactive ketones (excluding diaryl/α,β-unsaturated/α-hetero) is 1. The number of nitrogens with zero attached hydrogens (tertiary/aromatic N) is 3. The largest absolute Gasteiger partial charge is 0.507 e. The summed E-state index contributed by atoms with van der Waals surface area (Å²) < 4.78 is 14.7. The molecule has 1 aliphatic heterocycles. The van der Waals surface area contributed by atoms with Crippen molar-refractivity contribution in [1.82, 2.24) is 9.88 Å². The highest BCUT2D eigenvalue weighted by Gasteiger charge is 2.47. The first-order chi connectivity index (χ1) is 15.4. The van der Waals surface area contributed by atoms with Crippen molar-refractivity contribution >= 4 is 23.1 Å². The van der Waals surface area contributed by atoms with Gasteiger partial charge in [-0.25, -0.2) is 4.39 Å². The van der Waals surface area contributed by atoms with E-state index < -0.39 is 34.2 Å². The summed E-state index contributed by atoms with van der Waals surface area (Å²) in [6, 6.07) is 14.4. The first-order valence-corrected chi connectivity index (χ1v) is 9.56. The van der Waals surface area contributed by atoms with E-state index >= 15 is 0 Å². The quantitative estimate of drug-likeness (QED) is 0.216. The average Bonchev–Trinajstić information content (AvgIpc) is 3.04. The van der Waals surface area contributed by atoms with Gasteiger partial charge in [0.25, 0.3) is 17.4 Å². The molecule has 3 aromatic rings. The smallest absolute Gasteiger partial charge is 0.296 e. The van der Waals surface area contributed by atoms with Crippen molar-refractivity contribution in [1.29, 1.82) is 0 Å². The van der Waals surface area contributed by atoms with Crippen molar-refractivity contribution in [3.8, 4) is 0 Å². The van der Waals surface area contributed by atoms with E-state index in [0.29, 0.717) is 5.69 Å². The molecule has 0 radical (unpaired) electrons. The number of hydrogen-bond acceptors (Lipinski definition) is 6.